The van der Waals surface area contributed by atoms with Crippen molar-refractivity contribution >= 4 is 5.78 Å². The van der Waals surface area contributed by atoms with Crippen LogP contribution in [-0.2, 0) is 9.53 Å². The van der Waals surface area contributed by atoms with E-state index in [4.69, 9.17) is 4.74 Å². The zero-order valence-corrected chi connectivity index (χ0v) is 8.63. The molecule has 1 atom stereocenters. The SMILES string of the molecule is O=C(CCC1CCCO1)CNC1CC1. The normalized spacial score (nSPS) is 26.7. The van der Waals surface area contributed by atoms with Crippen LogP contribution in [0.5, 0.6) is 0 Å². The van der Waals surface area contributed by atoms with E-state index in [1.165, 1.54) is 19.3 Å². The lowest BCUT2D eigenvalue weighted by Crippen LogP contribution is -2.25. The van der Waals surface area contributed by atoms with Crippen LogP contribution in [0.2, 0.25) is 0 Å². The topological polar surface area (TPSA) is 38.3 Å². The quantitative estimate of drug-likeness (QED) is 0.697. The first kappa shape index (κ1) is 10.1. The molecular weight excluding hydrogens is 178 g/mol. The smallest absolute Gasteiger partial charge is 0.146 e. The fourth-order valence-corrected chi connectivity index (χ4v) is 1.83. The summed E-state index contributed by atoms with van der Waals surface area (Å²) in [5, 5.41) is 3.24. The maximum atomic E-state index is 11.4. The van der Waals surface area contributed by atoms with Crippen LogP contribution in [-0.4, -0.2) is 31.1 Å². The number of carbonyl (C=O) groups is 1. The minimum absolute atomic E-state index is 0.340. The number of ketones is 1. The molecular formula is C11H19NO2. The highest BCUT2D eigenvalue weighted by Gasteiger charge is 2.21. The van der Waals surface area contributed by atoms with E-state index in [1.54, 1.807) is 0 Å². The number of nitrogens with one attached hydrogen (secondary N) is 1. The third-order valence-electron chi connectivity index (χ3n) is 2.93. The van der Waals surface area contributed by atoms with E-state index in [0.717, 1.165) is 19.4 Å². The van der Waals surface area contributed by atoms with Crippen molar-refractivity contribution in [1.29, 1.82) is 0 Å². The molecule has 1 aliphatic heterocycles. The van der Waals surface area contributed by atoms with Crippen molar-refractivity contribution in [3.05, 3.63) is 0 Å². The second-order valence-corrected chi connectivity index (χ2v) is 4.37. The van der Waals surface area contributed by atoms with Gasteiger partial charge in [0.1, 0.15) is 5.78 Å². The highest BCUT2D eigenvalue weighted by atomic mass is 16.5. The Kier molecular flexibility index (Phi) is 3.54. The van der Waals surface area contributed by atoms with Crippen LogP contribution in [0, 0.1) is 0 Å². The minimum atomic E-state index is 0.340. The molecule has 0 bridgehead atoms. The monoisotopic (exact) mass is 197 g/mol. The van der Waals surface area contributed by atoms with Gasteiger partial charge in [0, 0.05) is 19.1 Å². The highest BCUT2D eigenvalue weighted by Crippen LogP contribution is 2.19. The summed E-state index contributed by atoms with van der Waals surface area (Å²) in [4.78, 5) is 11.4. The van der Waals surface area contributed by atoms with Gasteiger partial charge in [-0.2, -0.15) is 0 Å². The number of hydrogen-bond acceptors (Lipinski definition) is 3. The average molecular weight is 197 g/mol. The van der Waals surface area contributed by atoms with E-state index in [9.17, 15) is 4.79 Å². The van der Waals surface area contributed by atoms with Crippen LogP contribution in [0.4, 0.5) is 0 Å². The van der Waals surface area contributed by atoms with E-state index < -0.39 is 0 Å². The Morgan fingerprint density at radius 2 is 2.21 bits per heavy atom. The Balaban J connectivity index is 1.52. The zero-order valence-electron chi connectivity index (χ0n) is 8.63. The molecule has 1 saturated heterocycles. The van der Waals surface area contributed by atoms with Crippen LogP contribution in [0.1, 0.15) is 38.5 Å². The maximum Gasteiger partial charge on any atom is 0.146 e. The van der Waals surface area contributed by atoms with Crippen molar-refractivity contribution in [3.8, 4) is 0 Å². The molecule has 2 rings (SSSR count). The second kappa shape index (κ2) is 4.89. The first-order valence-corrected chi connectivity index (χ1v) is 5.71. The lowest BCUT2D eigenvalue weighted by atomic mass is 10.1. The van der Waals surface area contributed by atoms with E-state index in [0.29, 0.717) is 30.9 Å². The predicted octanol–water partition coefficient (Wildman–Crippen LogP) is 1.27. The van der Waals surface area contributed by atoms with E-state index in [2.05, 4.69) is 5.32 Å². The largest absolute Gasteiger partial charge is 0.378 e. The van der Waals surface area contributed by atoms with Gasteiger partial charge in [0.15, 0.2) is 0 Å². The summed E-state index contributed by atoms with van der Waals surface area (Å²) >= 11 is 0. The van der Waals surface area contributed by atoms with Crippen LogP contribution < -0.4 is 5.32 Å². The molecule has 2 fully saturated rings. The minimum Gasteiger partial charge on any atom is -0.378 e. The molecule has 0 aromatic rings. The van der Waals surface area contributed by atoms with Crippen molar-refractivity contribution in [1.82, 2.24) is 5.32 Å². The molecule has 3 nitrogen and oxygen atoms in total. The molecule has 80 valence electrons. The van der Waals surface area contributed by atoms with Crippen LogP contribution in [0.25, 0.3) is 0 Å². The highest BCUT2D eigenvalue weighted by molar-refractivity contribution is 5.80. The van der Waals surface area contributed by atoms with Crippen LogP contribution >= 0.6 is 0 Å². The summed E-state index contributed by atoms with van der Waals surface area (Å²) in [6.07, 6.45) is 6.77. The lowest BCUT2D eigenvalue weighted by molar-refractivity contribution is -0.118. The van der Waals surface area contributed by atoms with Crippen molar-refractivity contribution in [2.45, 2.75) is 50.7 Å². The number of rotatable bonds is 6. The zero-order chi connectivity index (χ0) is 9.80. The molecule has 1 N–H and O–H groups in total. The van der Waals surface area contributed by atoms with Gasteiger partial charge in [-0.3, -0.25) is 4.79 Å². The summed E-state index contributed by atoms with van der Waals surface area (Å²) in [5.74, 6) is 0.340. The van der Waals surface area contributed by atoms with Crippen molar-refractivity contribution in [2.24, 2.45) is 0 Å². The Morgan fingerprint density at radius 1 is 1.36 bits per heavy atom. The third kappa shape index (κ3) is 3.39. The molecule has 1 saturated carbocycles. The number of carbonyl (C=O) groups excluding carboxylic acids is 1. The predicted molar refractivity (Wildman–Crippen MR) is 54.2 cm³/mol. The molecule has 3 heteroatoms. The summed E-state index contributed by atoms with van der Waals surface area (Å²) in [5.41, 5.74) is 0. The van der Waals surface area contributed by atoms with E-state index in [-0.39, 0.29) is 0 Å². The first-order chi connectivity index (χ1) is 6.84. The Bertz CT molecular complexity index is 195. The van der Waals surface area contributed by atoms with E-state index >= 15 is 0 Å². The van der Waals surface area contributed by atoms with Gasteiger partial charge in [-0.25, -0.2) is 0 Å². The molecule has 1 heterocycles. The standard InChI is InChI=1S/C11H19NO2/c13-10(8-12-9-3-4-9)5-6-11-2-1-7-14-11/h9,11-12H,1-8H2. The summed E-state index contributed by atoms with van der Waals surface area (Å²) in [6.45, 7) is 1.45. The number of hydrogen-bond donors (Lipinski definition) is 1. The average Bonchev–Trinajstić information content (AvgIpc) is 2.87. The molecule has 0 aromatic heterocycles. The van der Waals surface area contributed by atoms with Gasteiger partial charge in [-0.15, -0.1) is 0 Å². The molecule has 0 amide bonds. The fraction of sp³-hybridized carbons (Fsp3) is 0.909. The molecule has 2 aliphatic rings. The Labute approximate surface area is 85.2 Å². The van der Waals surface area contributed by atoms with Crippen molar-refractivity contribution < 1.29 is 9.53 Å². The molecule has 0 aromatic carbocycles. The molecule has 0 radical (unpaired) electrons. The van der Waals surface area contributed by atoms with Gasteiger partial charge in [-0.05, 0) is 32.1 Å². The summed E-state index contributed by atoms with van der Waals surface area (Å²) in [6, 6.07) is 0.640. The van der Waals surface area contributed by atoms with Gasteiger partial charge >= 0.3 is 0 Å². The molecule has 1 aliphatic carbocycles. The fourth-order valence-electron chi connectivity index (χ4n) is 1.83. The van der Waals surface area contributed by atoms with Gasteiger partial charge in [0.05, 0.1) is 12.6 Å². The molecule has 0 spiro atoms. The second-order valence-electron chi connectivity index (χ2n) is 4.37. The first-order valence-electron chi connectivity index (χ1n) is 5.71. The Hall–Kier alpha value is -0.410. The third-order valence-corrected chi connectivity index (χ3v) is 2.93. The summed E-state index contributed by atoms with van der Waals surface area (Å²) in [7, 11) is 0. The van der Waals surface area contributed by atoms with Crippen LogP contribution in [0.3, 0.4) is 0 Å². The van der Waals surface area contributed by atoms with Gasteiger partial charge in [0.2, 0.25) is 0 Å². The van der Waals surface area contributed by atoms with Gasteiger partial charge in [0.25, 0.3) is 0 Å². The van der Waals surface area contributed by atoms with E-state index in [1.807, 2.05) is 0 Å². The maximum absolute atomic E-state index is 11.4. The molecule has 1 unspecified atom stereocenters. The van der Waals surface area contributed by atoms with Crippen molar-refractivity contribution in [2.75, 3.05) is 13.2 Å². The van der Waals surface area contributed by atoms with Gasteiger partial charge < -0.3 is 10.1 Å². The number of Topliss-reactive ketones (excluding diaryl/α,β-unsaturated/α-hetero) is 1. The number of ether oxygens (including phenoxy) is 1. The molecule has 14 heavy (non-hydrogen) atoms. The lowest BCUT2D eigenvalue weighted by Gasteiger charge is -2.08. The van der Waals surface area contributed by atoms with Gasteiger partial charge in [-0.1, -0.05) is 0 Å². The Morgan fingerprint density at radius 3 is 2.86 bits per heavy atom. The summed E-state index contributed by atoms with van der Waals surface area (Å²) < 4.78 is 5.47. The van der Waals surface area contributed by atoms with Crippen LogP contribution in [0.15, 0.2) is 0 Å². The van der Waals surface area contributed by atoms with Crippen molar-refractivity contribution in [3.63, 3.8) is 0 Å².